The van der Waals surface area contributed by atoms with Crippen LogP contribution in [0.15, 0.2) is 18.2 Å². The Morgan fingerprint density at radius 2 is 2.06 bits per heavy atom. The van der Waals surface area contributed by atoms with E-state index in [0.29, 0.717) is 6.29 Å². The van der Waals surface area contributed by atoms with E-state index < -0.39 is 11.8 Å². The van der Waals surface area contributed by atoms with Gasteiger partial charge in [0.05, 0.1) is 6.61 Å². The van der Waals surface area contributed by atoms with Gasteiger partial charge in [0.1, 0.15) is 0 Å². The fourth-order valence-electron chi connectivity index (χ4n) is 1.28. The molecule has 1 rings (SSSR count). The van der Waals surface area contributed by atoms with Crippen molar-refractivity contribution in [2.45, 2.75) is 13.8 Å². The molecule has 0 fully saturated rings. The lowest BCUT2D eigenvalue weighted by molar-refractivity contribution is -0.137. The number of carbonyl (C=O) groups is 3. The topological polar surface area (TPSA) is 60.4 Å². The molecule has 84 valence electrons. The van der Waals surface area contributed by atoms with E-state index in [1.54, 1.807) is 19.9 Å². The molecule has 0 aliphatic rings. The van der Waals surface area contributed by atoms with Crippen LogP contribution in [-0.2, 0) is 9.53 Å². The van der Waals surface area contributed by atoms with Gasteiger partial charge in [-0.2, -0.15) is 0 Å². The third-order valence-corrected chi connectivity index (χ3v) is 2.04. The Morgan fingerprint density at radius 1 is 1.38 bits per heavy atom. The molecule has 0 aliphatic heterocycles. The summed E-state index contributed by atoms with van der Waals surface area (Å²) in [6.07, 6.45) is 0.548. The van der Waals surface area contributed by atoms with Gasteiger partial charge in [-0.05, 0) is 19.9 Å². The van der Waals surface area contributed by atoms with Gasteiger partial charge >= 0.3 is 5.97 Å². The SMILES string of the molecule is CCOC(=O)C(=O)c1cc(C)ccc1C=O. The molecule has 0 spiro atoms. The highest BCUT2D eigenvalue weighted by molar-refractivity contribution is 6.41. The van der Waals surface area contributed by atoms with Gasteiger partial charge in [-0.3, -0.25) is 9.59 Å². The summed E-state index contributed by atoms with van der Waals surface area (Å²) in [5, 5.41) is 0. The zero-order valence-corrected chi connectivity index (χ0v) is 9.15. The summed E-state index contributed by atoms with van der Waals surface area (Å²) in [5.74, 6) is -1.72. The van der Waals surface area contributed by atoms with Crippen molar-refractivity contribution in [2.75, 3.05) is 6.61 Å². The van der Waals surface area contributed by atoms with Crippen LogP contribution < -0.4 is 0 Å². The molecule has 0 bridgehead atoms. The molecule has 0 atom stereocenters. The summed E-state index contributed by atoms with van der Waals surface area (Å²) in [6, 6.07) is 4.71. The van der Waals surface area contributed by atoms with Gasteiger partial charge in [-0.15, -0.1) is 0 Å². The van der Waals surface area contributed by atoms with E-state index in [9.17, 15) is 14.4 Å². The Balaban J connectivity index is 3.11. The Hall–Kier alpha value is -1.97. The van der Waals surface area contributed by atoms with Gasteiger partial charge in [0.2, 0.25) is 0 Å². The molecule has 0 radical (unpaired) electrons. The van der Waals surface area contributed by atoms with Gasteiger partial charge < -0.3 is 4.74 Å². The number of rotatable bonds is 4. The maximum absolute atomic E-state index is 11.6. The Bertz CT molecular complexity index is 435. The Morgan fingerprint density at radius 3 is 2.62 bits per heavy atom. The minimum absolute atomic E-state index is 0.0912. The van der Waals surface area contributed by atoms with E-state index in [2.05, 4.69) is 4.74 Å². The molecule has 0 saturated heterocycles. The highest BCUT2D eigenvalue weighted by Gasteiger charge is 2.20. The maximum atomic E-state index is 11.6. The lowest BCUT2D eigenvalue weighted by Crippen LogP contribution is -2.19. The third kappa shape index (κ3) is 2.53. The average Bonchev–Trinajstić information content (AvgIpc) is 2.28. The number of hydrogen-bond acceptors (Lipinski definition) is 4. The largest absolute Gasteiger partial charge is 0.460 e. The van der Waals surface area contributed by atoms with Crippen molar-refractivity contribution in [1.82, 2.24) is 0 Å². The van der Waals surface area contributed by atoms with E-state index in [1.165, 1.54) is 12.1 Å². The molecule has 0 aromatic heterocycles. The average molecular weight is 220 g/mol. The maximum Gasteiger partial charge on any atom is 0.379 e. The smallest absolute Gasteiger partial charge is 0.379 e. The molecule has 0 amide bonds. The molecule has 1 aromatic carbocycles. The van der Waals surface area contributed by atoms with Gasteiger partial charge in [-0.25, -0.2) is 4.79 Å². The van der Waals surface area contributed by atoms with Crippen LogP contribution in [-0.4, -0.2) is 24.6 Å². The van der Waals surface area contributed by atoms with Crippen molar-refractivity contribution in [3.63, 3.8) is 0 Å². The summed E-state index contributed by atoms with van der Waals surface area (Å²) in [4.78, 5) is 33.6. The molecule has 0 unspecified atom stereocenters. The molecule has 4 nitrogen and oxygen atoms in total. The predicted octanol–water partition coefficient (Wildman–Crippen LogP) is 1.55. The van der Waals surface area contributed by atoms with Crippen molar-refractivity contribution < 1.29 is 19.1 Å². The second-order valence-corrected chi connectivity index (χ2v) is 3.26. The Kier molecular flexibility index (Phi) is 3.94. The van der Waals surface area contributed by atoms with E-state index in [-0.39, 0.29) is 17.7 Å². The van der Waals surface area contributed by atoms with Gasteiger partial charge in [-0.1, -0.05) is 17.7 Å². The van der Waals surface area contributed by atoms with Crippen molar-refractivity contribution in [1.29, 1.82) is 0 Å². The molecule has 0 saturated carbocycles. The molecule has 0 heterocycles. The zero-order chi connectivity index (χ0) is 12.1. The number of Topliss-reactive ketones (excluding diaryl/α,β-unsaturated/α-hetero) is 1. The fourth-order valence-corrected chi connectivity index (χ4v) is 1.28. The van der Waals surface area contributed by atoms with Gasteiger partial charge in [0.15, 0.2) is 6.29 Å². The minimum atomic E-state index is -0.934. The summed E-state index contributed by atoms with van der Waals surface area (Å²) in [5.41, 5.74) is 1.09. The normalized spacial score (nSPS) is 9.62. The lowest BCUT2D eigenvalue weighted by atomic mass is 10.0. The van der Waals surface area contributed by atoms with Crippen LogP contribution in [0.2, 0.25) is 0 Å². The van der Waals surface area contributed by atoms with Crippen molar-refractivity contribution >= 4 is 18.0 Å². The van der Waals surface area contributed by atoms with Crippen molar-refractivity contribution in [2.24, 2.45) is 0 Å². The number of aldehydes is 1. The highest BCUT2D eigenvalue weighted by Crippen LogP contribution is 2.11. The zero-order valence-electron chi connectivity index (χ0n) is 9.15. The molecule has 0 N–H and O–H groups in total. The van der Waals surface area contributed by atoms with Gasteiger partial charge in [0.25, 0.3) is 5.78 Å². The van der Waals surface area contributed by atoms with Crippen LogP contribution >= 0.6 is 0 Å². The van der Waals surface area contributed by atoms with Crippen LogP contribution in [0.1, 0.15) is 33.2 Å². The first-order chi connectivity index (χ1) is 7.60. The second kappa shape index (κ2) is 5.21. The highest BCUT2D eigenvalue weighted by atomic mass is 16.5. The summed E-state index contributed by atoms with van der Waals surface area (Å²) < 4.78 is 4.59. The molecule has 1 aromatic rings. The first kappa shape index (κ1) is 12.1. The number of benzene rings is 1. The second-order valence-electron chi connectivity index (χ2n) is 3.26. The number of hydrogen-bond donors (Lipinski definition) is 0. The minimum Gasteiger partial charge on any atom is -0.460 e. The number of aryl methyl sites for hydroxylation is 1. The van der Waals surface area contributed by atoms with Crippen LogP contribution in [0, 0.1) is 6.92 Å². The van der Waals surface area contributed by atoms with Crippen molar-refractivity contribution in [3.05, 3.63) is 34.9 Å². The van der Waals surface area contributed by atoms with Crippen molar-refractivity contribution in [3.8, 4) is 0 Å². The third-order valence-electron chi connectivity index (χ3n) is 2.04. The molecule has 4 heteroatoms. The predicted molar refractivity (Wildman–Crippen MR) is 57.5 cm³/mol. The number of carbonyl (C=O) groups excluding carboxylic acids is 3. The quantitative estimate of drug-likeness (QED) is 0.334. The van der Waals surface area contributed by atoms with Gasteiger partial charge in [0, 0.05) is 11.1 Å². The molecular formula is C12H12O4. The van der Waals surface area contributed by atoms with E-state index in [1.807, 2.05) is 0 Å². The Labute approximate surface area is 93.2 Å². The van der Waals surface area contributed by atoms with Crippen LogP contribution in [0.5, 0.6) is 0 Å². The van der Waals surface area contributed by atoms with E-state index in [4.69, 9.17) is 0 Å². The molecule has 0 aliphatic carbocycles. The summed E-state index contributed by atoms with van der Waals surface area (Å²) in [7, 11) is 0. The summed E-state index contributed by atoms with van der Waals surface area (Å²) >= 11 is 0. The van der Waals surface area contributed by atoms with Crippen LogP contribution in [0.4, 0.5) is 0 Å². The number of ether oxygens (including phenoxy) is 1. The fraction of sp³-hybridized carbons (Fsp3) is 0.250. The van der Waals surface area contributed by atoms with Crippen LogP contribution in [0.3, 0.4) is 0 Å². The molecular weight excluding hydrogens is 208 g/mol. The van der Waals surface area contributed by atoms with E-state index in [0.717, 1.165) is 5.56 Å². The monoisotopic (exact) mass is 220 g/mol. The van der Waals surface area contributed by atoms with Crippen LogP contribution in [0.25, 0.3) is 0 Å². The first-order valence-corrected chi connectivity index (χ1v) is 4.87. The number of ketones is 1. The van der Waals surface area contributed by atoms with E-state index >= 15 is 0 Å². The number of esters is 1. The summed E-state index contributed by atoms with van der Waals surface area (Å²) in [6.45, 7) is 3.52. The first-order valence-electron chi connectivity index (χ1n) is 4.87. The lowest BCUT2D eigenvalue weighted by Gasteiger charge is -2.04. The molecule has 16 heavy (non-hydrogen) atoms. The standard InChI is InChI=1S/C12H12O4/c1-3-16-12(15)11(14)10-6-8(2)4-5-9(10)7-13/h4-7H,3H2,1-2H3.